The number of hydrogen-bond acceptors (Lipinski definition) is 5. The third-order valence-corrected chi connectivity index (χ3v) is 7.99. The molecule has 4 rings (SSSR count). The zero-order chi connectivity index (χ0) is 19.7. The fourth-order valence-electron chi connectivity index (χ4n) is 3.45. The Kier molecular flexibility index (Phi) is 5.40. The van der Waals surface area contributed by atoms with Gasteiger partial charge in [0.1, 0.15) is 0 Å². The molecule has 1 N–H and O–H groups in total. The normalized spacial score (nSPS) is 16.0. The highest BCUT2D eigenvalue weighted by molar-refractivity contribution is 7.89. The Morgan fingerprint density at radius 1 is 1.04 bits per heavy atom. The summed E-state index contributed by atoms with van der Waals surface area (Å²) in [5, 5.41) is 4.09. The second-order valence-corrected chi connectivity index (χ2v) is 10.5. The molecule has 1 saturated heterocycles. The van der Waals surface area contributed by atoms with Crippen LogP contribution in [0.25, 0.3) is 10.2 Å². The molecule has 2 heterocycles. The summed E-state index contributed by atoms with van der Waals surface area (Å²) in [6, 6.07) is 13.6. The zero-order valence-electron chi connectivity index (χ0n) is 16.2. The van der Waals surface area contributed by atoms with Crippen molar-refractivity contribution in [3.05, 3.63) is 48.0 Å². The van der Waals surface area contributed by atoms with E-state index in [0.717, 1.165) is 34.8 Å². The quantitative estimate of drug-likeness (QED) is 0.611. The van der Waals surface area contributed by atoms with Crippen LogP contribution in [0.3, 0.4) is 0 Å². The van der Waals surface area contributed by atoms with E-state index in [2.05, 4.69) is 36.3 Å². The van der Waals surface area contributed by atoms with E-state index in [1.165, 1.54) is 16.9 Å². The van der Waals surface area contributed by atoms with E-state index in [1.807, 2.05) is 18.2 Å². The standard InChI is InChI=1S/C21H25N3O2S2/c1-15(2)16-6-8-17(9-7-16)22-21-23-19-14-18(10-11-20(19)27-21)28(25,26)24-12-4-3-5-13-24/h6-11,14-15H,3-5,12-13H2,1-2H3,(H,22,23). The van der Waals surface area contributed by atoms with Gasteiger partial charge in [0.25, 0.3) is 0 Å². The van der Waals surface area contributed by atoms with Crippen molar-refractivity contribution in [1.82, 2.24) is 9.29 Å². The molecule has 2 aromatic carbocycles. The van der Waals surface area contributed by atoms with Crippen LogP contribution in [-0.2, 0) is 10.0 Å². The predicted molar refractivity (Wildman–Crippen MR) is 116 cm³/mol. The third-order valence-electron chi connectivity index (χ3n) is 5.14. The molecule has 0 aliphatic carbocycles. The summed E-state index contributed by atoms with van der Waals surface area (Å²) in [5.74, 6) is 0.497. The van der Waals surface area contributed by atoms with Gasteiger partial charge in [-0.05, 0) is 54.7 Å². The maximum atomic E-state index is 12.9. The summed E-state index contributed by atoms with van der Waals surface area (Å²) < 4.78 is 28.4. The minimum atomic E-state index is -3.44. The summed E-state index contributed by atoms with van der Waals surface area (Å²) >= 11 is 1.53. The van der Waals surface area contributed by atoms with Gasteiger partial charge < -0.3 is 5.32 Å². The fraction of sp³-hybridized carbons (Fsp3) is 0.381. The second-order valence-electron chi connectivity index (χ2n) is 7.52. The van der Waals surface area contributed by atoms with Gasteiger partial charge >= 0.3 is 0 Å². The van der Waals surface area contributed by atoms with Crippen LogP contribution in [0.15, 0.2) is 47.4 Å². The predicted octanol–water partition coefficient (Wildman–Crippen LogP) is 5.34. The molecule has 1 fully saturated rings. The molecule has 148 valence electrons. The van der Waals surface area contributed by atoms with Crippen LogP contribution in [0.1, 0.15) is 44.6 Å². The molecule has 0 saturated carbocycles. The lowest BCUT2D eigenvalue weighted by Crippen LogP contribution is -2.35. The molecule has 0 spiro atoms. The van der Waals surface area contributed by atoms with Gasteiger partial charge in [-0.2, -0.15) is 4.31 Å². The number of anilines is 2. The number of piperidine rings is 1. The van der Waals surface area contributed by atoms with Crippen LogP contribution >= 0.6 is 11.3 Å². The summed E-state index contributed by atoms with van der Waals surface area (Å²) in [6.07, 6.45) is 2.97. The molecular formula is C21H25N3O2S2. The number of fused-ring (bicyclic) bond motifs is 1. The van der Waals surface area contributed by atoms with Crippen LogP contribution in [-0.4, -0.2) is 30.8 Å². The van der Waals surface area contributed by atoms with E-state index in [4.69, 9.17) is 0 Å². The molecule has 1 aliphatic heterocycles. The molecule has 3 aromatic rings. The largest absolute Gasteiger partial charge is 0.332 e. The first-order chi connectivity index (χ1) is 13.4. The number of sulfonamides is 1. The second kappa shape index (κ2) is 7.81. The first-order valence-corrected chi connectivity index (χ1v) is 12.0. The van der Waals surface area contributed by atoms with Crippen molar-refractivity contribution in [1.29, 1.82) is 0 Å². The average Bonchev–Trinajstić information content (AvgIpc) is 3.10. The maximum Gasteiger partial charge on any atom is 0.243 e. The van der Waals surface area contributed by atoms with Gasteiger partial charge in [-0.25, -0.2) is 13.4 Å². The smallest absolute Gasteiger partial charge is 0.243 e. The van der Waals surface area contributed by atoms with Crippen LogP contribution < -0.4 is 5.32 Å². The molecule has 28 heavy (non-hydrogen) atoms. The maximum absolute atomic E-state index is 12.9. The Morgan fingerprint density at radius 2 is 1.75 bits per heavy atom. The molecular weight excluding hydrogens is 390 g/mol. The van der Waals surface area contributed by atoms with Crippen molar-refractivity contribution in [3.63, 3.8) is 0 Å². The Balaban J connectivity index is 1.58. The highest BCUT2D eigenvalue weighted by Gasteiger charge is 2.26. The highest BCUT2D eigenvalue weighted by Crippen LogP contribution is 2.31. The van der Waals surface area contributed by atoms with Crippen LogP contribution in [0.4, 0.5) is 10.8 Å². The van der Waals surface area contributed by atoms with Crippen molar-refractivity contribution in [2.45, 2.75) is 43.9 Å². The van der Waals surface area contributed by atoms with Gasteiger partial charge in [0.15, 0.2) is 5.13 Å². The number of hydrogen-bond donors (Lipinski definition) is 1. The number of nitrogens with one attached hydrogen (secondary N) is 1. The molecule has 0 amide bonds. The van der Waals surface area contributed by atoms with Gasteiger partial charge in [0.05, 0.1) is 15.1 Å². The van der Waals surface area contributed by atoms with Gasteiger partial charge in [-0.15, -0.1) is 0 Å². The first kappa shape index (κ1) is 19.4. The molecule has 1 aliphatic rings. The molecule has 0 unspecified atom stereocenters. The van der Waals surface area contributed by atoms with Crippen LogP contribution in [0.5, 0.6) is 0 Å². The van der Waals surface area contributed by atoms with Crippen molar-refractivity contribution in [2.24, 2.45) is 0 Å². The Labute approximate surface area is 170 Å². The van der Waals surface area contributed by atoms with E-state index in [9.17, 15) is 8.42 Å². The van der Waals surface area contributed by atoms with E-state index < -0.39 is 10.0 Å². The van der Waals surface area contributed by atoms with Crippen molar-refractivity contribution >= 4 is 42.4 Å². The van der Waals surface area contributed by atoms with E-state index in [0.29, 0.717) is 29.4 Å². The Morgan fingerprint density at radius 3 is 2.43 bits per heavy atom. The van der Waals surface area contributed by atoms with Gasteiger partial charge in [-0.3, -0.25) is 0 Å². The fourth-order valence-corrected chi connectivity index (χ4v) is 5.85. The minimum absolute atomic E-state index is 0.333. The monoisotopic (exact) mass is 415 g/mol. The van der Waals surface area contributed by atoms with Crippen molar-refractivity contribution < 1.29 is 8.42 Å². The van der Waals surface area contributed by atoms with E-state index in [-0.39, 0.29) is 0 Å². The van der Waals surface area contributed by atoms with Crippen molar-refractivity contribution in [3.8, 4) is 0 Å². The average molecular weight is 416 g/mol. The molecule has 1 aromatic heterocycles. The van der Waals surface area contributed by atoms with Crippen LogP contribution in [0, 0.1) is 0 Å². The lowest BCUT2D eigenvalue weighted by molar-refractivity contribution is 0.346. The van der Waals surface area contributed by atoms with Gasteiger partial charge in [0.2, 0.25) is 10.0 Å². The number of aromatic nitrogens is 1. The summed E-state index contributed by atoms with van der Waals surface area (Å²) in [5.41, 5.74) is 2.98. The van der Waals surface area contributed by atoms with Crippen LogP contribution in [0.2, 0.25) is 0 Å². The molecule has 5 nitrogen and oxygen atoms in total. The zero-order valence-corrected chi connectivity index (χ0v) is 17.8. The number of nitrogens with zero attached hydrogens (tertiary/aromatic N) is 2. The number of thiazole rings is 1. The SMILES string of the molecule is CC(C)c1ccc(Nc2nc3cc(S(=O)(=O)N4CCCCC4)ccc3s2)cc1. The van der Waals surface area contributed by atoms with Gasteiger partial charge in [0, 0.05) is 18.8 Å². The third kappa shape index (κ3) is 3.92. The number of benzene rings is 2. The molecule has 0 radical (unpaired) electrons. The van der Waals surface area contributed by atoms with Crippen molar-refractivity contribution in [2.75, 3.05) is 18.4 Å². The molecule has 0 atom stereocenters. The minimum Gasteiger partial charge on any atom is -0.332 e. The highest BCUT2D eigenvalue weighted by atomic mass is 32.2. The topological polar surface area (TPSA) is 62.3 Å². The first-order valence-electron chi connectivity index (χ1n) is 9.71. The summed E-state index contributed by atoms with van der Waals surface area (Å²) in [4.78, 5) is 4.94. The van der Waals surface area contributed by atoms with E-state index in [1.54, 1.807) is 16.4 Å². The Hall–Kier alpha value is -1.96. The lowest BCUT2D eigenvalue weighted by atomic mass is 10.0. The van der Waals surface area contributed by atoms with E-state index >= 15 is 0 Å². The Bertz CT molecular complexity index is 1070. The molecule has 7 heteroatoms. The summed E-state index contributed by atoms with van der Waals surface area (Å²) in [6.45, 7) is 5.56. The lowest BCUT2D eigenvalue weighted by Gasteiger charge is -2.25. The molecule has 0 bridgehead atoms. The summed E-state index contributed by atoms with van der Waals surface area (Å²) in [7, 11) is -3.44. The van der Waals surface area contributed by atoms with Gasteiger partial charge in [-0.1, -0.05) is 43.7 Å². The number of rotatable bonds is 5.